The van der Waals surface area contributed by atoms with Crippen molar-refractivity contribution >= 4 is 39.4 Å². The number of carbonyl (C=O) groups excluding carboxylic acids is 1. The number of pyridine rings is 1. The molecule has 39 heavy (non-hydrogen) atoms. The Kier molecular flexibility index (Phi) is 8.54. The molecule has 1 aliphatic rings. The predicted octanol–water partition coefficient (Wildman–Crippen LogP) is 2.87. The number of aliphatic hydroxyl groups excluding tert-OH is 2. The van der Waals surface area contributed by atoms with Crippen LogP contribution in [0.5, 0.6) is 0 Å². The molecule has 0 aliphatic heterocycles. The van der Waals surface area contributed by atoms with Crippen molar-refractivity contribution in [2.75, 3.05) is 31.5 Å². The third-order valence-electron chi connectivity index (χ3n) is 7.13. The van der Waals surface area contributed by atoms with Gasteiger partial charge in [-0.1, -0.05) is 0 Å². The molecule has 1 saturated carbocycles. The molecule has 0 unspecified atom stereocenters. The van der Waals surface area contributed by atoms with E-state index in [0.717, 1.165) is 20.9 Å². The van der Waals surface area contributed by atoms with Gasteiger partial charge in [-0.3, -0.25) is 4.98 Å². The minimum atomic E-state index is -1.11. The van der Waals surface area contributed by atoms with Crippen LogP contribution in [0, 0.1) is 19.8 Å². The van der Waals surface area contributed by atoms with Crippen molar-refractivity contribution in [2.24, 2.45) is 5.92 Å². The molecular formula is C26H37N7O5S. The van der Waals surface area contributed by atoms with Crippen LogP contribution in [0.25, 0.3) is 20.8 Å². The van der Waals surface area contributed by atoms with E-state index in [4.69, 9.17) is 19.4 Å². The van der Waals surface area contributed by atoms with Crippen LogP contribution in [0.15, 0.2) is 12.3 Å². The number of ether oxygens (including phenoxy) is 2. The molecule has 5 N–H and O–H groups in total. The van der Waals surface area contributed by atoms with Crippen molar-refractivity contribution in [2.45, 2.75) is 70.9 Å². The number of alkyl carbamates (subject to hydrolysis) is 1. The van der Waals surface area contributed by atoms with Gasteiger partial charge in [0, 0.05) is 30.8 Å². The maximum atomic E-state index is 11.9. The van der Waals surface area contributed by atoms with Crippen LogP contribution in [0.2, 0.25) is 0 Å². The number of aryl methyl sites for hydroxylation is 2. The number of fused-ring (bicyclic) bond motifs is 1. The first kappa shape index (κ1) is 28.9. The molecule has 3 heterocycles. The molecule has 12 nitrogen and oxygen atoms in total. The van der Waals surface area contributed by atoms with Gasteiger partial charge in [0.25, 0.3) is 0 Å². The van der Waals surface area contributed by atoms with Crippen molar-refractivity contribution in [3.8, 4) is 10.6 Å². The number of anilines is 2. The Balaban J connectivity index is 1.72. The summed E-state index contributed by atoms with van der Waals surface area (Å²) >= 11 is 1.51. The Hall–Kier alpha value is -3.13. The number of nitrogens with zero attached hydrogens (tertiary/aromatic N) is 4. The lowest BCUT2D eigenvalue weighted by molar-refractivity contribution is -0.00233. The Morgan fingerprint density at radius 1 is 1.18 bits per heavy atom. The lowest BCUT2D eigenvalue weighted by atomic mass is 9.84. The van der Waals surface area contributed by atoms with Gasteiger partial charge in [-0.15, -0.1) is 11.3 Å². The summed E-state index contributed by atoms with van der Waals surface area (Å²) in [4.78, 5) is 30.6. The van der Waals surface area contributed by atoms with Crippen LogP contribution < -0.4 is 16.0 Å². The van der Waals surface area contributed by atoms with Crippen LogP contribution in [0.4, 0.5) is 16.6 Å². The molecule has 0 saturated heterocycles. The minimum absolute atomic E-state index is 0.0438. The number of carbonyl (C=O) groups is 1. The standard InChI is InChI=1S/C26H37N7O5S/c1-12(11-37-6)28-24-29-13(2)18(23-31-19-14(3)27-9-8-17(19)39-23)22(32-24)30-16-10-15(20(34)21(16)35)26(4,5)33-25(36)38-7/h8-9,12,15-16,20-21,34-35H,10-11H2,1-7H3,(H,33,36)(H2,28,29,30,32)/t12-,15+,16-,20-,21+/m1/s1. The number of hydrogen-bond donors (Lipinski definition) is 5. The van der Waals surface area contributed by atoms with E-state index < -0.39 is 35.8 Å². The Labute approximate surface area is 231 Å². The molecular weight excluding hydrogens is 522 g/mol. The molecule has 13 heteroatoms. The summed E-state index contributed by atoms with van der Waals surface area (Å²) in [7, 11) is 2.91. The average Bonchev–Trinajstić information content (AvgIpc) is 3.41. The van der Waals surface area contributed by atoms with E-state index >= 15 is 0 Å². The summed E-state index contributed by atoms with van der Waals surface area (Å²) in [5, 5.41) is 32.1. The summed E-state index contributed by atoms with van der Waals surface area (Å²) in [6.45, 7) is 9.82. The first-order valence-electron chi connectivity index (χ1n) is 12.8. The van der Waals surface area contributed by atoms with Gasteiger partial charge < -0.3 is 35.6 Å². The molecule has 0 radical (unpaired) electrons. The van der Waals surface area contributed by atoms with E-state index in [0.29, 0.717) is 36.1 Å². The van der Waals surface area contributed by atoms with Gasteiger partial charge in [0.2, 0.25) is 5.95 Å². The fourth-order valence-electron chi connectivity index (χ4n) is 5.08. The molecule has 0 spiro atoms. The van der Waals surface area contributed by atoms with Crippen molar-refractivity contribution in [1.82, 2.24) is 25.3 Å². The number of nitrogens with one attached hydrogen (secondary N) is 3. The molecule has 0 aromatic carbocycles. The fraction of sp³-hybridized carbons (Fsp3) is 0.577. The molecule has 5 atom stereocenters. The van der Waals surface area contributed by atoms with E-state index in [1.165, 1.54) is 18.4 Å². The van der Waals surface area contributed by atoms with E-state index in [2.05, 4.69) is 25.9 Å². The zero-order valence-corrected chi connectivity index (χ0v) is 24.1. The van der Waals surface area contributed by atoms with Crippen LogP contribution in [0.1, 0.15) is 38.6 Å². The second-order valence-electron chi connectivity index (χ2n) is 10.5. The molecule has 1 fully saturated rings. The Morgan fingerprint density at radius 2 is 1.92 bits per heavy atom. The Morgan fingerprint density at radius 3 is 2.59 bits per heavy atom. The molecule has 3 aromatic rings. The SMILES string of the molecule is COC[C@@H](C)Nc1nc(C)c(-c2nc3c(C)nccc3s2)c(N[C@@H]2C[C@H](C(C)(C)NC(=O)OC)[C@@H](O)[C@H]2O)n1. The first-order chi connectivity index (χ1) is 18.4. The molecule has 212 valence electrons. The number of aromatic nitrogens is 4. The highest BCUT2D eigenvalue weighted by Gasteiger charge is 2.49. The quantitative estimate of drug-likeness (QED) is 0.262. The van der Waals surface area contributed by atoms with Crippen LogP contribution >= 0.6 is 11.3 Å². The molecule has 3 aromatic heterocycles. The smallest absolute Gasteiger partial charge is 0.407 e. The second-order valence-corrected chi connectivity index (χ2v) is 11.6. The number of methoxy groups -OCH3 is 2. The highest BCUT2D eigenvalue weighted by molar-refractivity contribution is 7.21. The zero-order valence-electron chi connectivity index (χ0n) is 23.3. The van der Waals surface area contributed by atoms with Gasteiger partial charge in [-0.25, -0.2) is 14.8 Å². The van der Waals surface area contributed by atoms with E-state index in [9.17, 15) is 15.0 Å². The van der Waals surface area contributed by atoms with Crippen LogP contribution in [-0.2, 0) is 9.47 Å². The van der Waals surface area contributed by atoms with Crippen molar-refractivity contribution < 1.29 is 24.5 Å². The topological polar surface area (TPSA) is 164 Å². The second kappa shape index (κ2) is 11.5. The Bertz CT molecular complexity index is 1330. The molecule has 1 aliphatic carbocycles. The summed E-state index contributed by atoms with van der Waals surface area (Å²) < 4.78 is 11.0. The van der Waals surface area contributed by atoms with Crippen LogP contribution in [0.3, 0.4) is 0 Å². The third-order valence-corrected chi connectivity index (χ3v) is 8.17. The van der Waals surface area contributed by atoms with Crippen LogP contribution in [-0.4, -0.2) is 86.9 Å². The van der Waals surface area contributed by atoms with Gasteiger partial charge in [0.05, 0.1) is 47.5 Å². The molecule has 1 amide bonds. The van der Waals surface area contributed by atoms with Gasteiger partial charge in [0.15, 0.2) is 0 Å². The number of thiazole rings is 1. The fourth-order valence-corrected chi connectivity index (χ4v) is 6.19. The van der Waals surface area contributed by atoms with Crippen molar-refractivity contribution in [3.63, 3.8) is 0 Å². The number of rotatable bonds is 9. The predicted molar refractivity (Wildman–Crippen MR) is 150 cm³/mol. The lowest BCUT2D eigenvalue weighted by Gasteiger charge is -2.34. The molecule has 4 rings (SSSR count). The minimum Gasteiger partial charge on any atom is -0.453 e. The maximum Gasteiger partial charge on any atom is 0.407 e. The normalized spacial score (nSPS) is 22.1. The molecule has 0 bridgehead atoms. The largest absolute Gasteiger partial charge is 0.453 e. The summed E-state index contributed by atoms with van der Waals surface area (Å²) in [5.41, 5.74) is 2.20. The van der Waals surface area contributed by atoms with E-state index in [-0.39, 0.29) is 6.04 Å². The maximum absolute atomic E-state index is 11.9. The summed E-state index contributed by atoms with van der Waals surface area (Å²) in [6, 6.07) is 1.32. The van der Waals surface area contributed by atoms with Gasteiger partial charge >= 0.3 is 6.09 Å². The van der Waals surface area contributed by atoms with Gasteiger partial charge in [0.1, 0.15) is 22.4 Å². The summed E-state index contributed by atoms with van der Waals surface area (Å²) in [5.74, 6) is 0.431. The van der Waals surface area contributed by atoms with E-state index in [1.807, 2.05) is 26.8 Å². The highest BCUT2D eigenvalue weighted by Crippen LogP contribution is 2.40. The number of amides is 1. The van der Waals surface area contributed by atoms with Crippen molar-refractivity contribution in [3.05, 3.63) is 23.7 Å². The van der Waals surface area contributed by atoms with Gasteiger partial charge in [-0.05, 0) is 47.1 Å². The number of aliphatic hydroxyl groups is 2. The summed E-state index contributed by atoms with van der Waals surface area (Å²) in [6.07, 6.45) is -0.673. The van der Waals surface area contributed by atoms with Gasteiger partial charge in [-0.2, -0.15) is 4.98 Å². The zero-order chi connectivity index (χ0) is 28.5. The van der Waals surface area contributed by atoms with Crippen molar-refractivity contribution in [1.29, 1.82) is 0 Å². The average molecular weight is 560 g/mol. The monoisotopic (exact) mass is 559 g/mol. The first-order valence-corrected chi connectivity index (χ1v) is 13.6. The van der Waals surface area contributed by atoms with E-state index in [1.54, 1.807) is 27.2 Å². The lowest BCUT2D eigenvalue weighted by Crippen LogP contribution is -2.52. The highest BCUT2D eigenvalue weighted by atomic mass is 32.1. The number of hydrogen-bond acceptors (Lipinski definition) is 12. The third kappa shape index (κ3) is 6.06.